The molecule has 0 unspecified atom stereocenters. The summed E-state index contributed by atoms with van der Waals surface area (Å²) in [5.41, 5.74) is 7.35. The highest BCUT2D eigenvalue weighted by Gasteiger charge is 2.13. The number of thiophene rings is 1. The fourth-order valence-electron chi connectivity index (χ4n) is 1.84. The van der Waals surface area contributed by atoms with Crippen molar-refractivity contribution in [2.24, 2.45) is 5.73 Å². The van der Waals surface area contributed by atoms with Crippen molar-refractivity contribution in [3.8, 4) is 11.8 Å². The van der Waals surface area contributed by atoms with Crippen molar-refractivity contribution in [1.82, 2.24) is 4.90 Å². The number of nitrogens with zero attached hydrogens (tertiary/aromatic N) is 1. The summed E-state index contributed by atoms with van der Waals surface area (Å²) in [7, 11) is 1.80. The van der Waals surface area contributed by atoms with Gasteiger partial charge < -0.3 is 10.6 Å². The summed E-state index contributed by atoms with van der Waals surface area (Å²) in [5, 5.41) is 1.90. The molecule has 1 amide bonds. The third kappa shape index (κ3) is 3.47. The minimum atomic E-state index is 0.0292. The third-order valence-electron chi connectivity index (χ3n) is 2.83. The second-order valence-corrected chi connectivity index (χ2v) is 5.25. The lowest BCUT2D eigenvalue weighted by molar-refractivity contribution is 0.0790. The monoisotopic (exact) mass is 284 g/mol. The van der Waals surface area contributed by atoms with Crippen LogP contribution < -0.4 is 5.73 Å². The molecule has 4 heteroatoms. The number of hydrogen-bond acceptors (Lipinski definition) is 3. The Morgan fingerprint density at radius 3 is 2.80 bits per heavy atom. The first kappa shape index (κ1) is 14.3. The average molecular weight is 284 g/mol. The molecule has 20 heavy (non-hydrogen) atoms. The fourth-order valence-corrected chi connectivity index (χ4v) is 2.56. The molecule has 0 saturated heterocycles. The van der Waals surface area contributed by atoms with E-state index in [0.717, 1.165) is 16.0 Å². The molecule has 0 saturated carbocycles. The van der Waals surface area contributed by atoms with E-state index in [4.69, 9.17) is 5.73 Å². The molecule has 1 aromatic carbocycles. The van der Waals surface area contributed by atoms with Gasteiger partial charge in [0, 0.05) is 19.2 Å². The summed E-state index contributed by atoms with van der Waals surface area (Å²) in [5.74, 6) is 5.92. The van der Waals surface area contributed by atoms with Crippen LogP contribution >= 0.6 is 11.3 Å². The topological polar surface area (TPSA) is 46.3 Å². The highest BCUT2D eigenvalue weighted by molar-refractivity contribution is 7.12. The van der Waals surface area contributed by atoms with E-state index in [1.54, 1.807) is 11.9 Å². The van der Waals surface area contributed by atoms with Gasteiger partial charge in [0.2, 0.25) is 0 Å². The van der Waals surface area contributed by atoms with E-state index in [0.29, 0.717) is 13.1 Å². The van der Waals surface area contributed by atoms with Crippen molar-refractivity contribution in [2.45, 2.75) is 6.54 Å². The molecule has 0 bridgehead atoms. The van der Waals surface area contributed by atoms with Crippen LogP contribution in [0.15, 0.2) is 41.8 Å². The van der Waals surface area contributed by atoms with Crippen molar-refractivity contribution in [3.05, 3.63) is 57.8 Å². The molecular weight excluding hydrogens is 268 g/mol. The Hall–Kier alpha value is -2.09. The predicted molar refractivity (Wildman–Crippen MR) is 82.5 cm³/mol. The second-order valence-electron chi connectivity index (χ2n) is 4.30. The van der Waals surface area contributed by atoms with Gasteiger partial charge in [0.1, 0.15) is 0 Å². The van der Waals surface area contributed by atoms with Gasteiger partial charge in [-0.25, -0.2) is 0 Å². The van der Waals surface area contributed by atoms with Gasteiger partial charge in [-0.1, -0.05) is 36.1 Å². The fraction of sp³-hybridized carbons (Fsp3) is 0.188. The van der Waals surface area contributed by atoms with Crippen LogP contribution in [-0.4, -0.2) is 24.4 Å². The maximum Gasteiger partial charge on any atom is 0.263 e. The van der Waals surface area contributed by atoms with Gasteiger partial charge in [0.15, 0.2) is 0 Å². The zero-order valence-corrected chi connectivity index (χ0v) is 12.1. The first-order valence-corrected chi connectivity index (χ1v) is 7.16. The Bertz CT molecular complexity index is 638. The summed E-state index contributed by atoms with van der Waals surface area (Å²) >= 11 is 1.45. The zero-order valence-electron chi connectivity index (χ0n) is 11.3. The molecular formula is C16H16N2OS. The Labute approximate surface area is 123 Å². The maximum absolute atomic E-state index is 12.2. The number of carbonyl (C=O) groups excluding carboxylic acids is 1. The molecule has 2 N–H and O–H groups in total. The first-order chi connectivity index (χ1) is 9.72. The standard InChI is InChI=1S/C16H16N2OS/c1-18(16(19)15-9-5-11-20-15)12-14-7-3-2-6-13(14)8-4-10-17/h2-3,5-7,9,11H,10,12,17H2,1H3. The molecule has 3 nitrogen and oxygen atoms in total. The Kier molecular flexibility index (Phi) is 4.94. The van der Waals surface area contributed by atoms with E-state index in [2.05, 4.69) is 11.8 Å². The summed E-state index contributed by atoms with van der Waals surface area (Å²) in [4.78, 5) is 14.7. The van der Waals surface area contributed by atoms with Crippen LogP contribution in [0.3, 0.4) is 0 Å². The van der Waals surface area contributed by atoms with E-state index >= 15 is 0 Å². The van der Waals surface area contributed by atoms with Gasteiger partial charge in [-0.3, -0.25) is 4.79 Å². The summed E-state index contributed by atoms with van der Waals surface area (Å²) in [6, 6.07) is 11.5. The lowest BCUT2D eigenvalue weighted by Gasteiger charge is -2.17. The largest absolute Gasteiger partial charge is 0.337 e. The quantitative estimate of drug-likeness (QED) is 0.879. The van der Waals surface area contributed by atoms with E-state index in [1.807, 2.05) is 41.8 Å². The molecule has 0 spiro atoms. The normalized spacial score (nSPS) is 9.70. The molecule has 1 heterocycles. The van der Waals surface area contributed by atoms with Gasteiger partial charge in [0.05, 0.1) is 11.4 Å². The average Bonchev–Trinajstić information content (AvgIpc) is 2.99. The van der Waals surface area contributed by atoms with Gasteiger partial charge in [0.25, 0.3) is 5.91 Å². The van der Waals surface area contributed by atoms with Crippen LogP contribution in [0.25, 0.3) is 0 Å². The maximum atomic E-state index is 12.2. The SMILES string of the molecule is CN(Cc1ccccc1C#CCN)C(=O)c1cccs1. The molecule has 2 aromatic rings. The van der Waals surface area contributed by atoms with E-state index in [9.17, 15) is 4.79 Å². The number of rotatable bonds is 3. The van der Waals surface area contributed by atoms with E-state index in [-0.39, 0.29) is 5.91 Å². The predicted octanol–water partition coefficient (Wildman–Crippen LogP) is 2.33. The van der Waals surface area contributed by atoms with Gasteiger partial charge in [-0.2, -0.15) is 0 Å². The minimum absolute atomic E-state index is 0.0292. The Morgan fingerprint density at radius 1 is 1.30 bits per heavy atom. The highest BCUT2D eigenvalue weighted by Crippen LogP contribution is 2.15. The van der Waals surface area contributed by atoms with Crippen LogP contribution in [0, 0.1) is 11.8 Å². The number of hydrogen-bond donors (Lipinski definition) is 1. The van der Waals surface area contributed by atoms with Crippen LogP contribution in [0.4, 0.5) is 0 Å². The van der Waals surface area contributed by atoms with Crippen LogP contribution in [0.1, 0.15) is 20.8 Å². The van der Waals surface area contributed by atoms with E-state index in [1.165, 1.54) is 11.3 Å². The van der Waals surface area contributed by atoms with Crippen molar-refractivity contribution >= 4 is 17.2 Å². The molecule has 0 fully saturated rings. The molecule has 0 aliphatic rings. The smallest absolute Gasteiger partial charge is 0.263 e. The summed E-state index contributed by atoms with van der Waals surface area (Å²) in [6.45, 7) is 0.866. The summed E-state index contributed by atoms with van der Waals surface area (Å²) in [6.07, 6.45) is 0. The lowest BCUT2D eigenvalue weighted by atomic mass is 10.1. The van der Waals surface area contributed by atoms with Gasteiger partial charge >= 0.3 is 0 Å². The molecule has 0 radical (unpaired) electrons. The molecule has 0 atom stereocenters. The van der Waals surface area contributed by atoms with Crippen LogP contribution in [-0.2, 0) is 6.54 Å². The van der Waals surface area contributed by atoms with Gasteiger partial charge in [-0.05, 0) is 23.1 Å². The van der Waals surface area contributed by atoms with Gasteiger partial charge in [-0.15, -0.1) is 11.3 Å². The molecule has 2 rings (SSSR count). The third-order valence-corrected chi connectivity index (χ3v) is 3.69. The van der Waals surface area contributed by atoms with Crippen molar-refractivity contribution in [2.75, 3.05) is 13.6 Å². The molecule has 0 aliphatic heterocycles. The number of carbonyl (C=O) groups is 1. The molecule has 0 aliphatic carbocycles. The number of benzene rings is 1. The molecule has 1 aromatic heterocycles. The highest BCUT2D eigenvalue weighted by atomic mass is 32.1. The van der Waals surface area contributed by atoms with Crippen molar-refractivity contribution in [1.29, 1.82) is 0 Å². The van der Waals surface area contributed by atoms with Crippen LogP contribution in [0.2, 0.25) is 0 Å². The molecule has 102 valence electrons. The van der Waals surface area contributed by atoms with E-state index < -0.39 is 0 Å². The first-order valence-electron chi connectivity index (χ1n) is 6.28. The summed E-state index contributed by atoms with van der Waals surface area (Å²) < 4.78 is 0. The van der Waals surface area contributed by atoms with Crippen molar-refractivity contribution in [3.63, 3.8) is 0 Å². The lowest BCUT2D eigenvalue weighted by Crippen LogP contribution is -2.25. The number of nitrogens with two attached hydrogens (primary N) is 1. The number of amides is 1. The Balaban J connectivity index is 2.15. The Morgan fingerprint density at radius 2 is 2.10 bits per heavy atom. The minimum Gasteiger partial charge on any atom is -0.337 e. The van der Waals surface area contributed by atoms with Crippen molar-refractivity contribution < 1.29 is 4.79 Å². The van der Waals surface area contributed by atoms with Crippen LogP contribution in [0.5, 0.6) is 0 Å². The zero-order chi connectivity index (χ0) is 14.4. The second kappa shape index (κ2) is 6.90.